The zero-order chi connectivity index (χ0) is 29.2. The van der Waals surface area contributed by atoms with Crippen molar-refractivity contribution in [3.8, 4) is 11.1 Å². The molecule has 1 aliphatic rings. The van der Waals surface area contributed by atoms with Crippen LogP contribution >= 0.6 is 0 Å². The van der Waals surface area contributed by atoms with Crippen LogP contribution in [0.4, 0.5) is 43.9 Å². The smallest absolute Gasteiger partial charge is 1.00 e. The third-order valence-electron chi connectivity index (χ3n) is 6.97. The second-order valence-electron chi connectivity index (χ2n) is 9.07. The molecule has 1 unspecified atom stereocenters. The third-order valence-corrected chi connectivity index (χ3v) is 8.80. The Morgan fingerprint density at radius 2 is 0.930 bits per heavy atom. The maximum absolute atomic E-state index is 15.3. The summed E-state index contributed by atoms with van der Waals surface area (Å²) in [4.78, 5) is 0. The van der Waals surface area contributed by atoms with Crippen LogP contribution in [0.15, 0.2) is 54.1 Å². The van der Waals surface area contributed by atoms with E-state index in [1.54, 1.807) is 48.5 Å². The van der Waals surface area contributed by atoms with Crippen LogP contribution in [0.5, 0.6) is 0 Å². The number of hydrogen-bond donors (Lipinski definition) is 0. The summed E-state index contributed by atoms with van der Waals surface area (Å²) in [6.45, 7) is -1.20. The summed E-state index contributed by atoms with van der Waals surface area (Å²) in [5, 5.41) is 0. The largest absolute Gasteiger partial charge is 1.00 e. The van der Waals surface area contributed by atoms with Gasteiger partial charge in [0.1, 0.15) is 0 Å². The zero-order valence-electron chi connectivity index (χ0n) is 21.2. The average molecular weight is 747 g/mol. The summed E-state index contributed by atoms with van der Waals surface area (Å²) in [7, 11) is 0. The molecule has 0 fully saturated rings. The predicted molar refractivity (Wildman–Crippen MR) is 125 cm³/mol. The van der Waals surface area contributed by atoms with Gasteiger partial charge in [0.05, 0.1) is 0 Å². The van der Waals surface area contributed by atoms with Gasteiger partial charge >= 0.3 is 237 Å². The van der Waals surface area contributed by atoms with Crippen molar-refractivity contribution in [1.82, 2.24) is 0 Å². The molecule has 0 saturated carbocycles. The Bertz CT molecular complexity index is 1620. The van der Waals surface area contributed by atoms with Gasteiger partial charge in [0, 0.05) is 0 Å². The van der Waals surface area contributed by atoms with Gasteiger partial charge in [0.25, 0.3) is 0 Å². The predicted octanol–water partition coefficient (Wildman–Crippen LogP) is -2.02. The second kappa shape index (κ2) is 13.8. The molecule has 4 aromatic rings. The molecule has 1 aliphatic carbocycles. The van der Waals surface area contributed by atoms with Crippen molar-refractivity contribution in [3.63, 3.8) is 0 Å². The van der Waals surface area contributed by atoms with E-state index in [9.17, 15) is 26.3 Å². The van der Waals surface area contributed by atoms with Crippen LogP contribution in [0.25, 0.3) is 16.6 Å². The van der Waals surface area contributed by atoms with E-state index < -0.39 is 79.4 Å². The minimum absolute atomic E-state index is 0. The van der Waals surface area contributed by atoms with Crippen LogP contribution in [-0.4, -0.2) is 6.71 Å². The standard InChI is InChI=1S/C28H12BF10.3ClH.Zr/c1-11-10-13-8-5-9-14(12-6-3-2-4-7-12)15(13)16(11)29(17-19(30)23(34)27(38)24(35)20(17)31)18-21(32)25(36)28(39)26(37)22(18)33;;;;/h2-10H,1H3;3*1H;/q;;;;+3/p-3. The number of hydrogen-bond acceptors (Lipinski definition) is 0. The van der Waals surface area contributed by atoms with E-state index in [1.807, 2.05) is 0 Å². The molecule has 1 atom stereocenters. The van der Waals surface area contributed by atoms with E-state index in [1.165, 1.54) is 6.92 Å². The van der Waals surface area contributed by atoms with Crippen LogP contribution in [0.3, 0.4) is 0 Å². The summed E-state index contributed by atoms with van der Waals surface area (Å²) < 4.78 is 146. The van der Waals surface area contributed by atoms with Gasteiger partial charge in [-0.25, -0.2) is 0 Å². The Balaban J connectivity index is 0.00000215. The average Bonchev–Trinajstić information content (AvgIpc) is 3.21. The van der Waals surface area contributed by atoms with Gasteiger partial charge in [-0.15, -0.1) is 0 Å². The van der Waals surface area contributed by atoms with Crippen molar-refractivity contribution in [3.05, 3.63) is 123 Å². The molecule has 0 nitrogen and oxygen atoms in total. The Labute approximate surface area is 272 Å². The van der Waals surface area contributed by atoms with Crippen molar-refractivity contribution < 1.29 is 106 Å². The Morgan fingerprint density at radius 1 is 0.535 bits per heavy atom. The topological polar surface area (TPSA) is 0 Å². The van der Waals surface area contributed by atoms with E-state index in [0.29, 0.717) is 16.7 Å². The number of benzene rings is 4. The van der Waals surface area contributed by atoms with E-state index in [0.717, 1.165) is 24.7 Å². The third kappa shape index (κ3) is 5.69. The molecule has 0 spiro atoms. The molecule has 0 amide bonds. The van der Waals surface area contributed by atoms with Crippen LogP contribution < -0.4 is 48.1 Å². The van der Waals surface area contributed by atoms with Crippen molar-refractivity contribution >= 4 is 23.1 Å². The first kappa shape index (κ1) is 36.9. The quantitative estimate of drug-likeness (QED) is 0.0981. The number of rotatable bonds is 4. The van der Waals surface area contributed by atoms with E-state index in [-0.39, 0.29) is 53.8 Å². The first-order valence-corrected chi connectivity index (χ1v) is 12.9. The van der Waals surface area contributed by atoms with Gasteiger partial charge < -0.3 is 37.2 Å². The fourth-order valence-electron chi connectivity index (χ4n) is 5.11. The van der Waals surface area contributed by atoms with Crippen LogP contribution in [0.1, 0.15) is 21.7 Å². The van der Waals surface area contributed by atoms with Crippen molar-refractivity contribution in [1.29, 1.82) is 0 Å². The van der Waals surface area contributed by atoms with Crippen molar-refractivity contribution in [2.75, 3.05) is 0 Å². The van der Waals surface area contributed by atoms with E-state index >= 15 is 17.6 Å². The minimum Gasteiger partial charge on any atom is -1.00 e. The van der Waals surface area contributed by atoms with Crippen LogP contribution in [0.2, 0.25) is 0 Å². The number of fused-ring (bicyclic) bond motifs is 1. The molecule has 0 heterocycles. The molecule has 0 aromatic heterocycles. The maximum atomic E-state index is 15.3. The molecule has 0 N–H and O–H groups in total. The fourth-order valence-corrected chi connectivity index (χ4v) is 6.08. The summed E-state index contributed by atoms with van der Waals surface area (Å²) in [5.74, 6) is -24.7. The molecule has 222 valence electrons. The summed E-state index contributed by atoms with van der Waals surface area (Å²) in [6, 6.07) is 13.1. The molecule has 0 radical (unpaired) electrons. The van der Waals surface area contributed by atoms with E-state index in [4.69, 9.17) is 0 Å². The summed E-state index contributed by atoms with van der Waals surface area (Å²) >= 11 is 0.773. The normalized spacial score (nSPS) is 13.7. The maximum Gasteiger partial charge on any atom is -1.00 e. The van der Waals surface area contributed by atoms with E-state index in [2.05, 4.69) is 0 Å². The van der Waals surface area contributed by atoms with Crippen molar-refractivity contribution in [2.45, 2.75) is 10.5 Å². The van der Waals surface area contributed by atoms with Crippen LogP contribution in [-0.2, 0) is 24.7 Å². The number of halogens is 13. The van der Waals surface area contributed by atoms with Gasteiger partial charge in [-0.05, 0) is 0 Å². The Kier molecular flexibility index (Phi) is 11.9. The first-order chi connectivity index (χ1) is 18.9. The van der Waals surface area contributed by atoms with Gasteiger partial charge in [0.2, 0.25) is 0 Å². The molecule has 0 aliphatic heterocycles. The van der Waals surface area contributed by atoms with Gasteiger partial charge in [0.15, 0.2) is 0 Å². The van der Waals surface area contributed by atoms with Crippen molar-refractivity contribution in [2.24, 2.45) is 0 Å². The molecule has 0 saturated heterocycles. The zero-order valence-corrected chi connectivity index (χ0v) is 25.9. The van der Waals surface area contributed by atoms with Crippen LogP contribution in [0, 0.1) is 58.2 Å². The molecule has 5 rings (SSSR count). The fraction of sp³-hybridized carbons (Fsp3) is 0.0714. The monoisotopic (exact) mass is 744 g/mol. The number of allylic oxidation sites excluding steroid dienone is 1. The second-order valence-corrected chi connectivity index (χ2v) is 10.5. The summed E-state index contributed by atoms with van der Waals surface area (Å²) in [6.07, 6.45) is 0. The van der Waals surface area contributed by atoms with Gasteiger partial charge in [-0.3, -0.25) is 0 Å². The van der Waals surface area contributed by atoms with Gasteiger partial charge in [-0.2, -0.15) is 0 Å². The molecule has 43 heavy (non-hydrogen) atoms. The SMILES string of the molecule is CC1=C(B(c2c(F)c(F)c(F)c(F)c2F)c2c(F)c(F)c(F)c(F)c2F)c2c(-c3ccccc3)cccc2[CH]1[Zr+3].[Cl-].[Cl-].[Cl-]. The molecule has 4 aromatic carbocycles. The molecular weight excluding hydrogens is 735 g/mol. The minimum atomic E-state index is -2.61. The molecule has 0 bridgehead atoms. The molecular formula is C28H12BCl3F10Zr. The Hall–Kier alpha value is -2.26. The first-order valence-electron chi connectivity index (χ1n) is 11.5. The Morgan fingerprint density at radius 3 is 1.35 bits per heavy atom. The van der Waals surface area contributed by atoms with Gasteiger partial charge in [-0.1, -0.05) is 0 Å². The molecule has 15 heteroatoms. The summed E-state index contributed by atoms with van der Waals surface area (Å²) in [5.41, 5.74) is -2.12.